The lowest BCUT2D eigenvalue weighted by molar-refractivity contribution is 0.398. The van der Waals surface area contributed by atoms with E-state index in [0.717, 1.165) is 12.2 Å². The van der Waals surface area contributed by atoms with Gasteiger partial charge in [-0.05, 0) is 31.6 Å². The van der Waals surface area contributed by atoms with Crippen molar-refractivity contribution < 1.29 is 0 Å². The molecule has 78 valence electrons. The molecular weight excluding hydrogens is 174 g/mol. The highest BCUT2D eigenvalue weighted by Gasteiger charge is 2.41. The van der Waals surface area contributed by atoms with Gasteiger partial charge in [0.15, 0.2) is 0 Å². The minimum Gasteiger partial charge on any atom is -0.333 e. The molecule has 1 saturated carbocycles. The van der Waals surface area contributed by atoms with Crippen molar-refractivity contribution in [2.45, 2.75) is 45.7 Å². The summed E-state index contributed by atoms with van der Waals surface area (Å²) in [5.74, 6) is 0. The van der Waals surface area contributed by atoms with Crippen LogP contribution in [0.1, 0.15) is 44.8 Å². The van der Waals surface area contributed by atoms with Gasteiger partial charge < -0.3 is 10.3 Å². The largest absolute Gasteiger partial charge is 0.333 e. The molecule has 1 fully saturated rings. The molecule has 2 N–H and O–H groups in total. The monoisotopic (exact) mass is 193 g/mol. The lowest BCUT2D eigenvalue weighted by atomic mass is 10.0. The van der Waals surface area contributed by atoms with E-state index in [2.05, 4.69) is 16.5 Å². The van der Waals surface area contributed by atoms with Gasteiger partial charge in [-0.3, -0.25) is 0 Å². The van der Waals surface area contributed by atoms with Crippen molar-refractivity contribution in [3.8, 4) is 0 Å². The number of hydrogen-bond donors (Lipinski definition) is 1. The van der Waals surface area contributed by atoms with Crippen LogP contribution >= 0.6 is 0 Å². The minimum absolute atomic E-state index is 0.0881. The first kappa shape index (κ1) is 9.71. The summed E-state index contributed by atoms with van der Waals surface area (Å²) in [6, 6.07) is 0.0881. The van der Waals surface area contributed by atoms with E-state index in [1.165, 1.54) is 19.3 Å². The zero-order valence-electron chi connectivity index (χ0n) is 9.03. The fraction of sp³-hybridized carbons (Fsp3) is 0.727. The molecule has 3 heteroatoms. The van der Waals surface area contributed by atoms with E-state index in [0.29, 0.717) is 5.41 Å². The lowest BCUT2D eigenvalue weighted by Crippen LogP contribution is -2.16. The molecule has 0 saturated heterocycles. The van der Waals surface area contributed by atoms with Gasteiger partial charge in [-0.2, -0.15) is 0 Å². The van der Waals surface area contributed by atoms with Crippen molar-refractivity contribution in [3.05, 3.63) is 18.2 Å². The third-order valence-electron chi connectivity index (χ3n) is 3.42. The summed E-state index contributed by atoms with van der Waals surface area (Å²) in [6.07, 6.45) is 7.79. The SMILES string of the molecule is CCC1(Cn2cncc2[C@@H](C)N)CC1. The van der Waals surface area contributed by atoms with Crippen molar-refractivity contribution >= 4 is 0 Å². The van der Waals surface area contributed by atoms with Gasteiger partial charge >= 0.3 is 0 Å². The van der Waals surface area contributed by atoms with Crippen LogP contribution in [0.2, 0.25) is 0 Å². The zero-order valence-corrected chi connectivity index (χ0v) is 9.03. The third kappa shape index (κ3) is 1.69. The van der Waals surface area contributed by atoms with E-state index in [4.69, 9.17) is 5.73 Å². The minimum atomic E-state index is 0.0881. The predicted molar refractivity (Wildman–Crippen MR) is 56.8 cm³/mol. The molecule has 1 aromatic rings. The van der Waals surface area contributed by atoms with Crippen LogP contribution in [0.5, 0.6) is 0 Å². The summed E-state index contributed by atoms with van der Waals surface area (Å²) >= 11 is 0. The number of imidazole rings is 1. The third-order valence-corrected chi connectivity index (χ3v) is 3.42. The molecule has 0 amide bonds. The van der Waals surface area contributed by atoms with E-state index in [9.17, 15) is 0 Å². The van der Waals surface area contributed by atoms with Gasteiger partial charge in [-0.1, -0.05) is 6.92 Å². The fourth-order valence-corrected chi connectivity index (χ4v) is 2.00. The molecule has 1 aliphatic rings. The zero-order chi connectivity index (χ0) is 10.2. The standard InChI is InChI=1S/C11H19N3/c1-3-11(4-5-11)7-14-8-13-6-10(14)9(2)12/h6,8-9H,3-5,7,12H2,1-2H3/t9-/m1/s1. The van der Waals surface area contributed by atoms with Gasteiger partial charge in [0.2, 0.25) is 0 Å². The van der Waals surface area contributed by atoms with Gasteiger partial charge in [0.05, 0.1) is 12.0 Å². The van der Waals surface area contributed by atoms with Crippen LogP contribution < -0.4 is 5.73 Å². The molecular formula is C11H19N3. The average Bonchev–Trinajstić information content (AvgIpc) is 2.76. The molecule has 1 aliphatic carbocycles. The summed E-state index contributed by atoms with van der Waals surface area (Å²) in [5, 5.41) is 0. The van der Waals surface area contributed by atoms with Crippen molar-refractivity contribution in [3.63, 3.8) is 0 Å². The van der Waals surface area contributed by atoms with Crippen LogP contribution in [-0.4, -0.2) is 9.55 Å². The molecule has 0 aromatic carbocycles. The Hall–Kier alpha value is -0.830. The molecule has 0 bridgehead atoms. The molecule has 1 heterocycles. The molecule has 0 unspecified atom stereocenters. The smallest absolute Gasteiger partial charge is 0.0948 e. The maximum absolute atomic E-state index is 5.88. The van der Waals surface area contributed by atoms with Gasteiger partial charge in [-0.15, -0.1) is 0 Å². The highest BCUT2D eigenvalue weighted by Crippen LogP contribution is 2.50. The number of aromatic nitrogens is 2. The Labute approximate surface area is 85.3 Å². The van der Waals surface area contributed by atoms with Crippen LogP contribution in [0.25, 0.3) is 0 Å². The quantitative estimate of drug-likeness (QED) is 0.795. The Morgan fingerprint density at radius 1 is 1.64 bits per heavy atom. The lowest BCUT2D eigenvalue weighted by Gasteiger charge is -2.16. The van der Waals surface area contributed by atoms with E-state index in [1.54, 1.807) is 0 Å². The highest BCUT2D eigenvalue weighted by atomic mass is 15.1. The van der Waals surface area contributed by atoms with Crippen LogP contribution in [0, 0.1) is 5.41 Å². The topological polar surface area (TPSA) is 43.8 Å². The van der Waals surface area contributed by atoms with Crippen LogP contribution in [0.15, 0.2) is 12.5 Å². The maximum atomic E-state index is 5.88. The molecule has 0 aliphatic heterocycles. The van der Waals surface area contributed by atoms with Crippen molar-refractivity contribution in [1.82, 2.24) is 9.55 Å². The van der Waals surface area contributed by atoms with E-state index in [1.807, 2.05) is 19.4 Å². The molecule has 1 atom stereocenters. The van der Waals surface area contributed by atoms with Crippen LogP contribution in [0.4, 0.5) is 0 Å². The predicted octanol–water partition coefficient (Wildman–Crippen LogP) is 2.09. The van der Waals surface area contributed by atoms with E-state index in [-0.39, 0.29) is 6.04 Å². The first-order valence-corrected chi connectivity index (χ1v) is 5.42. The Morgan fingerprint density at radius 2 is 2.36 bits per heavy atom. The Bertz CT molecular complexity index is 310. The second-order valence-electron chi connectivity index (χ2n) is 4.59. The van der Waals surface area contributed by atoms with E-state index >= 15 is 0 Å². The molecule has 14 heavy (non-hydrogen) atoms. The number of hydrogen-bond acceptors (Lipinski definition) is 2. The summed E-state index contributed by atoms with van der Waals surface area (Å²) in [5.41, 5.74) is 7.60. The normalized spacial score (nSPS) is 20.8. The molecule has 1 aromatic heterocycles. The second kappa shape index (κ2) is 3.39. The maximum Gasteiger partial charge on any atom is 0.0948 e. The molecule has 0 radical (unpaired) electrons. The van der Waals surface area contributed by atoms with Crippen molar-refractivity contribution in [2.24, 2.45) is 11.1 Å². The first-order chi connectivity index (χ1) is 6.67. The fourth-order valence-electron chi connectivity index (χ4n) is 2.00. The summed E-state index contributed by atoms with van der Waals surface area (Å²) < 4.78 is 2.22. The van der Waals surface area contributed by atoms with Gasteiger partial charge in [0, 0.05) is 18.8 Å². The van der Waals surface area contributed by atoms with E-state index < -0.39 is 0 Å². The summed E-state index contributed by atoms with van der Waals surface area (Å²) in [4.78, 5) is 4.17. The molecule has 2 rings (SSSR count). The van der Waals surface area contributed by atoms with Gasteiger partial charge in [-0.25, -0.2) is 4.98 Å². The highest BCUT2D eigenvalue weighted by molar-refractivity contribution is 5.05. The van der Waals surface area contributed by atoms with Crippen molar-refractivity contribution in [1.29, 1.82) is 0 Å². The van der Waals surface area contributed by atoms with Crippen LogP contribution in [-0.2, 0) is 6.54 Å². The van der Waals surface area contributed by atoms with Gasteiger partial charge in [0.25, 0.3) is 0 Å². The van der Waals surface area contributed by atoms with Gasteiger partial charge in [0.1, 0.15) is 0 Å². The summed E-state index contributed by atoms with van der Waals surface area (Å²) in [7, 11) is 0. The Balaban J connectivity index is 2.12. The number of nitrogens with zero attached hydrogens (tertiary/aromatic N) is 2. The molecule has 3 nitrogen and oxygen atoms in total. The average molecular weight is 193 g/mol. The first-order valence-electron chi connectivity index (χ1n) is 5.42. The number of rotatable bonds is 4. The Morgan fingerprint density at radius 3 is 2.86 bits per heavy atom. The number of nitrogens with two attached hydrogens (primary N) is 1. The molecule has 0 spiro atoms. The second-order valence-corrected chi connectivity index (χ2v) is 4.59. The van der Waals surface area contributed by atoms with Crippen LogP contribution in [0.3, 0.4) is 0 Å². The summed E-state index contributed by atoms with van der Waals surface area (Å²) in [6.45, 7) is 5.38. The Kier molecular flexibility index (Phi) is 2.35. The van der Waals surface area contributed by atoms with Crippen molar-refractivity contribution in [2.75, 3.05) is 0 Å².